The molecule has 1 fully saturated rings. The molecule has 1 amide bonds. The lowest BCUT2D eigenvalue weighted by Gasteiger charge is -2.32. The number of nitrogens with zero attached hydrogens (tertiary/aromatic N) is 4. The molecule has 8 heteroatoms. The Labute approximate surface area is 214 Å². The van der Waals surface area contributed by atoms with Crippen LogP contribution in [0.1, 0.15) is 16.7 Å². The Hall–Kier alpha value is -4.14. The molecule has 0 unspecified atom stereocenters. The molecule has 0 saturated carbocycles. The highest BCUT2D eigenvalue weighted by atomic mass is 19.1. The summed E-state index contributed by atoms with van der Waals surface area (Å²) in [4.78, 5) is 26.7. The van der Waals surface area contributed by atoms with Gasteiger partial charge >= 0.3 is 0 Å². The van der Waals surface area contributed by atoms with E-state index in [-0.39, 0.29) is 5.91 Å². The summed E-state index contributed by atoms with van der Waals surface area (Å²) < 4.78 is 13.9. The van der Waals surface area contributed by atoms with Crippen LogP contribution in [-0.2, 0) is 11.3 Å². The Kier molecular flexibility index (Phi) is 6.12. The van der Waals surface area contributed by atoms with Crippen LogP contribution in [0.15, 0.2) is 73.1 Å². The van der Waals surface area contributed by atoms with E-state index in [1.54, 1.807) is 18.5 Å². The molecule has 0 spiro atoms. The predicted octanol–water partition coefficient (Wildman–Crippen LogP) is 4.45. The molecule has 0 bridgehead atoms. The number of amides is 1. The molecule has 1 saturated heterocycles. The lowest BCUT2D eigenvalue weighted by atomic mass is 9.99. The fraction of sp³-hybridized carbons (Fsp3) is 0.207. The van der Waals surface area contributed by atoms with Crippen molar-refractivity contribution in [3.05, 3.63) is 95.6 Å². The number of likely N-dealkylation sites (N-methyl/N-ethyl adjacent to an activating group) is 1. The van der Waals surface area contributed by atoms with Crippen molar-refractivity contribution in [1.82, 2.24) is 19.8 Å². The van der Waals surface area contributed by atoms with Crippen LogP contribution in [0.4, 0.5) is 15.8 Å². The second-order valence-electron chi connectivity index (χ2n) is 9.56. The highest BCUT2D eigenvalue weighted by Crippen LogP contribution is 2.38. The number of carbonyl (C=O) groups excluding carboxylic acids is 1. The molecule has 37 heavy (non-hydrogen) atoms. The van der Waals surface area contributed by atoms with Gasteiger partial charge in [-0.2, -0.15) is 0 Å². The van der Waals surface area contributed by atoms with Gasteiger partial charge in [0.1, 0.15) is 5.82 Å². The zero-order chi connectivity index (χ0) is 25.4. The van der Waals surface area contributed by atoms with Gasteiger partial charge in [-0.05, 0) is 55.1 Å². The molecule has 7 nitrogen and oxygen atoms in total. The number of hydrogen-bond acceptors (Lipinski definition) is 6. The molecular weight excluding hydrogens is 467 g/mol. The van der Waals surface area contributed by atoms with E-state index in [1.165, 1.54) is 17.7 Å². The monoisotopic (exact) mass is 494 g/mol. The molecule has 186 valence electrons. The van der Waals surface area contributed by atoms with Crippen LogP contribution in [0.25, 0.3) is 22.3 Å². The van der Waals surface area contributed by atoms with Crippen molar-refractivity contribution < 1.29 is 9.18 Å². The minimum absolute atomic E-state index is 0.283. The Bertz CT molecular complexity index is 1510. The quantitative estimate of drug-likeness (QED) is 0.400. The van der Waals surface area contributed by atoms with Crippen molar-refractivity contribution in [2.24, 2.45) is 0 Å². The molecule has 3 heterocycles. The summed E-state index contributed by atoms with van der Waals surface area (Å²) in [5.74, 6) is -0.680. The summed E-state index contributed by atoms with van der Waals surface area (Å²) in [6.45, 7) is 5.20. The van der Waals surface area contributed by atoms with Crippen molar-refractivity contribution in [2.75, 3.05) is 43.9 Å². The van der Waals surface area contributed by atoms with E-state index < -0.39 is 5.82 Å². The zero-order valence-corrected chi connectivity index (χ0v) is 20.5. The first-order chi connectivity index (χ1) is 18.0. The van der Waals surface area contributed by atoms with E-state index in [0.29, 0.717) is 22.5 Å². The largest absolute Gasteiger partial charge is 0.354 e. The molecule has 3 aromatic carbocycles. The molecule has 4 aromatic rings. The van der Waals surface area contributed by atoms with Crippen LogP contribution in [0.5, 0.6) is 0 Å². The maximum absolute atomic E-state index is 13.9. The predicted molar refractivity (Wildman–Crippen MR) is 144 cm³/mol. The molecule has 0 radical (unpaired) electrons. The summed E-state index contributed by atoms with van der Waals surface area (Å²) in [7, 11) is 2.16. The highest BCUT2D eigenvalue weighted by molar-refractivity contribution is 6.37. The number of nitrogens with one attached hydrogen (secondary N) is 2. The third-order valence-corrected chi connectivity index (χ3v) is 6.96. The minimum Gasteiger partial charge on any atom is -0.354 e. The smallest absolute Gasteiger partial charge is 0.258 e. The number of anilines is 2. The number of fused-ring (bicyclic) bond motifs is 2. The maximum Gasteiger partial charge on any atom is 0.258 e. The number of carbonyl (C=O) groups is 1. The highest BCUT2D eigenvalue weighted by Gasteiger charge is 2.29. The average molecular weight is 495 g/mol. The van der Waals surface area contributed by atoms with Crippen LogP contribution in [0.2, 0.25) is 0 Å². The van der Waals surface area contributed by atoms with Crippen molar-refractivity contribution in [3.63, 3.8) is 0 Å². The minimum atomic E-state index is -0.397. The molecular formula is C29H27FN6O. The van der Waals surface area contributed by atoms with Crippen LogP contribution in [0.3, 0.4) is 0 Å². The fourth-order valence-corrected chi connectivity index (χ4v) is 4.89. The maximum atomic E-state index is 13.9. The summed E-state index contributed by atoms with van der Waals surface area (Å²) in [6, 6.07) is 18.4. The van der Waals surface area contributed by atoms with Gasteiger partial charge in [-0.15, -0.1) is 0 Å². The lowest BCUT2D eigenvalue weighted by Crippen LogP contribution is -2.43. The van der Waals surface area contributed by atoms with Gasteiger partial charge in [0.15, 0.2) is 0 Å². The van der Waals surface area contributed by atoms with Gasteiger partial charge in [0, 0.05) is 61.9 Å². The van der Waals surface area contributed by atoms with Crippen LogP contribution in [0, 0.1) is 5.82 Å². The second-order valence-corrected chi connectivity index (χ2v) is 9.56. The topological polar surface area (TPSA) is 73.4 Å². The third-order valence-electron chi connectivity index (χ3n) is 6.96. The zero-order valence-electron chi connectivity index (χ0n) is 20.5. The van der Waals surface area contributed by atoms with E-state index in [4.69, 9.17) is 0 Å². The normalized spacial score (nSPS) is 17.5. The van der Waals surface area contributed by atoms with Crippen molar-refractivity contribution in [2.45, 2.75) is 6.54 Å². The van der Waals surface area contributed by atoms with Crippen molar-refractivity contribution in [3.8, 4) is 0 Å². The number of halogens is 1. The van der Waals surface area contributed by atoms with Gasteiger partial charge in [0.2, 0.25) is 0 Å². The first-order valence-electron chi connectivity index (χ1n) is 12.4. The first-order valence-corrected chi connectivity index (χ1v) is 12.4. The van der Waals surface area contributed by atoms with E-state index in [2.05, 4.69) is 49.6 Å². The van der Waals surface area contributed by atoms with Crippen LogP contribution < -0.4 is 10.6 Å². The van der Waals surface area contributed by atoms with Crippen molar-refractivity contribution >= 4 is 39.6 Å². The van der Waals surface area contributed by atoms with E-state index in [1.807, 2.05) is 30.3 Å². The number of aromatic nitrogens is 2. The van der Waals surface area contributed by atoms with Crippen molar-refractivity contribution in [1.29, 1.82) is 0 Å². The van der Waals surface area contributed by atoms with E-state index >= 15 is 0 Å². The first kappa shape index (κ1) is 23.3. The van der Waals surface area contributed by atoms with Gasteiger partial charge < -0.3 is 15.5 Å². The Balaban J connectivity index is 1.36. The van der Waals surface area contributed by atoms with Gasteiger partial charge in [-0.25, -0.2) is 4.39 Å². The van der Waals surface area contributed by atoms with Gasteiger partial charge in [0.05, 0.1) is 28.0 Å². The van der Waals surface area contributed by atoms with Gasteiger partial charge in [-0.1, -0.05) is 18.2 Å². The molecule has 6 rings (SSSR count). The molecule has 0 atom stereocenters. The third kappa shape index (κ3) is 4.81. The molecule has 2 aliphatic rings. The van der Waals surface area contributed by atoms with Crippen LogP contribution >= 0.6 is 0 Å². The number of benzene rings is 3. The van der Waals surface area contributed by atoms with Gasteiger partial charge in [0.25, 0.3) is 5.91 Å². The standard InChI is InChI=1S/C29H27FN6O/c1-35-12-14-36(15-13-35)18-19-2-6-22(7-3-19)33-28(20-4-9-24-26(16-20)32-11-10-31-24)27-23-8-5-21(30)17-25(23)34-29(27)37/h2-11,16-17,33H,12-15,18H2,1H3,(H,34,37). The molecule has 2 N–H and O–H groups in total. The Morgan fingerprint density at radius 3 is 2.49 bits per heavy atom. The summed E-state index contributed by atoms with van der Waals surface area (Å²) in [5.41, 5.74) is 6.57. The Morgan fingerprint density at radius 1 is 0.946 bits per heavy atom. The second kappa shape index (κ2) is 9.72. The number of piperazine rings is 1. The number of rotatable bonds is 5. The van der Waals surface area contributed by atoms with E-state index in [0.717, 1.165) is 55.0 Å². The summed E-state index contributed by atoms with van der Waals surface area (Å²) in [5, 5.41) is 6.29. The molecule has 0 aliphatic carbocycles. The summed E-state index contributed by atoms with van der Waals surface area (Å²) >= 11 is 0. The van der Waals surface area contributed by atoms with Gasteiger partial charge in [-0.3, -0.25) is 19.7 Å². The Morgan fingerprint density at radius 2 is 1.70 bits per heavy atom. The average Bonchev–Trinajstić information content (AvgIpc) is 3.23. The number of hydrogen-bond donors (Lipinski definition) is 2. The van der Waals surface area contributed by atoms with Crippen LogP contribution in [-0.4, -0.2) is 58.9 Å². The molecule has 2 aliphatic heterocycles. The van der Waals surface area contributed by atoms with E-state index in [9.17, 15) is 9.18 Å². The lowest BCUT2D eigenvalue weighted by molar-refractivity contribution is -0.110. The molecule has 1 aromatic heterocycles. The SMILES string of the molecule is CN1CCN(Cc2ccc(NC(=C3C(=O)Nc4cc(F)ccc43)c3ccc4nccnc4c3)cc2)CC1. The summed E-state index contributed by atoms with van der Waals surface area (Å²) in [6.07, 6.45) is 3.30. The fourth-order valence-electron chi connectivity index (χ4n) is 4.89.